The fourth-order valence-electron chi connectivity index (χ4n) is 2.68. The van der Waals surface area contributed by atoms with Crippen molar-refractivity contribution in [1.29, 1.82) is 0 Å². The molecule has 0 unspecified atom stereocenters. The highest BCUT2D eigenvalue weighted by Crippen LogP contribution is 2.40. The summed E-state index contributed by atoms with van der Waals surface area (Å²) in [6.07, 6.45) is 3.14. The Balaban J connectivity index is 1.87. The third kappa shape index (κ3) is 2.90. The number of furan rings is 1. The van der Waals surface area contributed by atoms with Crippen LogP contribution in [0, 0.1) is 0 Å². The molecular formula is C19H14ClN3O2. The van der Waals surface area contributed by atoms with E-state index in [0.29, 0.717) is 28.0 Å². The molecule has 0 aliphatic rings. The average molecular weight is 352 g/mol. The van der Waals surface area contributed by atoms with E-state index in [2.05, 4.69) is 15.3 Å². The molecule has 0 aliphatic heterocycles. The van der Waals surface area contributed by atoms with Gasteiger partial charge >= 0.3 is 0 Å². The van der Waals surface area contributed by atoms with E-state index in [-0.39, 0.29) is 0 Å². The van der Waals surface area contributed by atoms with Crippen LogP contribution < -0.4 is 10.1 Å². The van der Waals surface area contributed by atoms with E-state index in [1.807, 2.05) is 42.5 Å². The van der Waals surface area contributed by atoms with Gasteiger partial charge in [-0.3, -0.25) is 0 Å². The molecular weight excluding hydrogens is 338 g/mol. The first-order valence-corrected chi connectivity index (χ1v) is 8.02. The summed E-state index contributed by atoms with van der Waals surface area (Å²) in [6.45, 7) is 0. The first kappa shape index (κ1) is 15.5. The van der Waals surface area contributed by atoms with Gasteiger partial charge in [0, 0.05) is 17.0 Å². The smallest absolute Gasteiger partial charge is 0.141 e. The van der Waals surface area contributed by atoms with Crippen molar-refractivity contribution in [1.82, 2.24) is 9.97 Å². The van der Waals surface area contributed by atoms with Gasteiger partial charge in [0.2, 0.25) is 0 Å². The number of hydrogen-bond acceptors (Lipinski definition) is 5. The van der Waals surface area contributed by atoms with Gasteiger partial charge in [-0.25, -0.2) is 9.97 Å². The molecule has 2 aromatic carbocycles. The highest BCUT2D eigenvalue weighted by molar-refractivity contribution is 6.34. The molecule has 2 aromatic heterocycles. The zero-order valence-electron chi connectivity index (χ0n) is 13.4. The minimum Gasteiger partial charge on any atom is -0.497 e. The van der Waals surface area contributed by atoms with Gasteiger partial charge in [0.1, 0.15) is 23.7 Å². The zero-order valence-corrected chi connectivity index (χ0v) is 14.1. The van der Waals surface area contributed by atoms with Crippen LogP contribution in [0.4, 0.5) is 11.5 Å². The Morgan fingerprint density at radius 3 is 2.76 bits per heavy atom. The molecule has 6 heteroatoms. The number of rotatable bonds is 4. The number of para-hydroxylation sites is 1. The number of benzene rings is 2. The molecule has 0 amide bonds. The standard InChI is InChI=1S/C19H14ClN3O2/c1-24-12-9-14(17-7-4-8-25-17)18(15(20)10-12)23-19-13-5-2-3-6-16(13)21-11-22-19/h2-11H,1H3,(H,21,22,23). The van der Waals surface area contributed by atoms with E-state index < -0.39 is 0 Å². The molecule has 0 aliphatic carbocycles. The Bertz CT molecular complexity index is 1030. The zero-order chi connectivity index (χ0) is 17.2. The lowest BCUT2D eigenvalue weighted by Crippen LogP contribution is -1.99. The molecule has 0 saturated carbocycles. The van der Waals surface area contributed by atoms with Crippen LogP contribution in [-0.2, 0) is 0 Å². The number of nitrogens with zero attached hydrogens (tertiary/aromatic N) is 2. The fraction of sp³-hybridized carbons (Fsp3) is 0.0526. The molecule has 4 rings (SSSR count). The number of ether oxygens (including phenoxy) is 1. The van der Waals surface area contributed by atoms with Gasteiger partial charge in [0.15, 0.2) is 0 Å². The van der Waals surface area contributed by atoms with Crippen molar-refractivity contribution in [3.63, 3.8) is 0 Å². The highest BCUT2D eigenvalue weighted by atomic mass is 35.5. The van der Waals surface area contributed by atoms with Crippen molar-refractivity contribution in [2.45, 2.75) is 0 Å². The molecule has 0 spiro atoms. The third-order valence-corrected chi connectivity index (χ3v) is 4.17. The molecule has 0 radical (unpaired) electrons. The number of anilines is 2. The Morgan fingerprint density at radius 1 is 1.08 bits per heavy atom. The number of aromatic nitrogens is 2. The second-order valence-electron chi connectivity index (χ2n) is 5.37. The lowest BCUT2D eigenvalue weighted by Gasteiger charge is -2.15. The first-order chi connectivity index (χ1) is 12.3. The predicted molar refractivity (Wildman–Crippen MR) is 98.5 cm³/mol. The lowest BCUT2D eigenvalue weighted by atomic mass is 10.1. The van der Waals surface area contributed by atoms with Gasteiger partial charge in [-0.15, -0.1) is 0 Å². The SMILES string of the molecule is COc1cc(Cl)c(Nc2ncnc3ccccc23)c(-c2ccco2)c1. The molecule has 25 heavy (non-hydrogen) atoms. The fourth-order valence-corrected chi connectivity index (χ4v) is 2.93. The van der Waals surface area contributed by atoms with E-state index in [1.165, 1.54) is 6.33 Å². The van der Waals surface area contributed by atoms with Gasteiger partial charge in [0.05, 0.1) is 29.6 Å². The van der Waals surface area contributed by atoms with Crippen LogP contribution in [0.1, 0.15) is 0 Å². The molecule has 0 atom stereocenters. The average Bonchev–Trinajstić information content (AvgIpc) is 3.18. The minimum atomic E-state index is 0.508. The maximum Gasteiger partial charge on any atom is 0.141 e. The van der Waals surface area contributed by atoms with Gasteiger partial charge in [0.25, 0.3) is 0 Å². The van der Waals surface area contributed by atoms with Crippen molar-refractivity contribution >= 4 is 34.0 Å². The van der Waals surface area contributed by atoms with Gasteiger partial charge in [-0.1, -0.05) is 23.7 Å². The Kier molecular flexibility index (Phi) is 3.99. The Morgan fingerprint density at radius 2 is 1.96 bits per heavy atom. The van der Waals surface area contributed by atoms with E-state index in [1.54, 1.807) is 19.4 Å². The molecule has 5 nitrogen and oxygen atoms in total. The van der Waals surface area contributed by atoms with Crippen molar-refractivity contribution in [3.05, 3.63) is 66.1 Å². The first-order valence-electron chi connectivity index (χ1n) is 7.64. The summed E-state index contributed by atoms with van der Waals surface area (Å²) in [5.41, 5.74) is 2.34. The number of halogens is 1. The van der Waals surface area contributed by atoms with E-state index in [9.17, 15) is 0 Å². The third-order valence-electron chi connectivity index (χ3n) is 3.87. The number of methoxy groups -OCH3 is 1. The number of fused-ring (bicyclic) bond motifs is 1. The van der Waals surface area contributed by atoms with Crippen molar-refractivity contribution in [2.24, 2.45) is 0 Å². The quantitative estimate of drug-likeness (QED) is 0.541. The number of nitrogens with one attached hydrogen (secondary N) is 1. The van der Waals surface area contributed by atoms with Crippen LogP contribution in [-0.4, -0.2) is 17.1 Å². The second kappa shape index (κ2) is 6.45. The predicted octanol–water partition coefficient (Wildman–Crippen LogP) is 5.30. The molecule has 4 aromatic rings. The van der Waals surface area contributed by atoms with Crippen LogP contribution >= 0.6 is 11.6 Å². The van der Waals surface area contributed by atoms with Crippen molar-refractivity contribution in [3.8, 4) is 17.1 Å². The number of hydrogen-bond donors (Lipinski definition) is 1. The normalized spacial score (nSPS) is 10.8. The van der Waals surface area contributed by atoms with Crippen LogP contribution in [0.2, 0.25) is 5.02 Å². The van der Waals surface area contributed by atoms with Crippen LogP contribution in [0.5, 0.6) is 5.75 Å². The molecule has 0 fully saturated rings. The summed E-state index contributed by atoms with van der Waals surface area (Å²) in [7, 11) is 1.60. The van der Waals surface area contributed by atoms with Crippen LogP contribution in [0.3, 0.4) is 0 Å². The Hall–Kier alpha value is -3.05. The summed E-state index contributed by atoms with van der Waals surface area (Å²) < 4.78 is 10.9. The summed E-state index contributed by atoms with van der Waals surface area (Å²) in [5, 5.41) is 4.74. The minimum absolute atomic E-state index is 0.508. The largest absolute Gasteiger partial charge is 0.497 e. The van der Waals surface area contributed by atoms with Crippen LogP contribution in [0.25, 0.3) is 22.2 Å². The summed E-state index contributed by atoms with van der Waals surface area (Å²) in [6, 6.07) is 15.1. The van der Waals surface area contributed by atoms with Gasteiger partial charge < -0.3 is 14.5 Å². The van der Waals surface area contributed by atoms with E-state index >= 15 is 0 Å². The Labute approximate surface area is 149 Å². The molecule has 0 saturated heterocycles. The lowest BCUT2D eigenvalue weighted by molar-refractivity contribution is 0.415. The summed E-state index contributed by atoms with van der Waals surface area (Å²) >= 11 is 6.50. The van der Waals surface area contributed by atoms with Gasteiger partial charge in [-0.2, -0.15) is 0 Å². The monoisotopic (exact) mass is 351 g/mol. The summed E-state index contributed by atoms with van der Waals surface area (Å²) in [5.74, 6) is 2.00. The summed E-state index contributed by atoms with van der Waals surface area (Å²) in [4.78, 5) is 8.65. The van der Waals surface area contributed by atoms with E-state index in [0.717, 1.165) is 16.5 Å². The van der Waals surface area contributed by atoms with Crippen molar-refractivity contribution in [2.75, 3.05) is 12.4 Å². The molecule has 1 N–H and O–H groups in total. The highest BCUT2D eigenvalue weighted by Gasteiger charge is 2.16. The van der Waals surface area contributed by atoms with E-state index in [4.69, 9.17) is 20.8 Å². The topological polar surface area (TPSA) is 60.2 Å². The van der Waals surface area contributed by atoms with Crippen LogP contribution in [0.15, 0.2) is 65.5 Å². The van der Waals surface area contributed by atoms with Crippen molar-refractivity contribution < 1.29 is 9.15 Å². The second-order valence-corrected chi connectivity index (χ2v) is 5.78. The molecule has 0 bridgehead atoms. The maximum absolute atomic E-state index is 6.50. The maximum atomic E-state index is 6.50. The molecule has 2 heterocycles. The van der Waals surface area contributed by atoms with Gasteiger partial charge in [-0.05, 0) is 30.3 Å². The molecule has 124 valence electrons.